The number of hydrogen-bond acceptors (Lipinski definition) is 4. The molecule has 0 spiro atoms. The van der Waals surface area contributed by atoms with Gasteiger partial charge in [0.25, 0.3) is 0 Å². The van der Waals surface area contributed by atoms with E-state index < -0.39 is 0 Å². The Labute approximate surface area is 167 Å². The fraction of sp³-hybridized carbons (Fsp3) is 0.409. The zero-order valence-corrected chi connectivity index (χ0v) is 16.7. The Kier molecular flexibility index (Phi) is 6.85. The number of nitrogens with zero attached hydrogens (tertiary/aromatic N) is 4. The van der Waals surface area contributed by atoms with Crippen LogP contribution < -0.4 is 15.5 Å². The average molecular weight is 377 g/mol. The minimum Gasteiger partial charge on any atom is -0.357 e. The first kappa shape index (κ1) is 19.7. The van der Waals surface area contributed by atoms with E-state index in [0.717, 1.165) is 55.5 Å². The van der Waals surface area contributed by atoms with E-state index in [9.17, 15) is 0 Å². The van der Waals surface area contributed by atoms with Gasteiger partial charge in [0.15, 0.2) is 5.96 Å². The van der Waals surface area contributed by atoms with Gasteiger partial charge < -0.3 is 15.5 Å². The lowest BCUT2D eigenvalue weighted by Crippen LogP contribution is -2.48. The van der Waals surface area contributed by atoms with Gasteiger partial charge in [-0.05, 0) is 56.5 Å². The van der Waals surface area contributed by atoms with Crippen molar-refractivity contribution in [1.82, 2.24) is 15.6 Å². The second-order valence-corrected chi connectivity index (χ2v) is 7.05. The molecule has 2 aromatic rings. The number of guanidine groups is 1. The number of anilines is 1. The van der Waals surface area contributed by atoms with Crippen molar-refractivity contribution in [1.29, 1.82) is 5.26 Å². The summed E-state index contributed by atoms with van der Waals surface area (Å²) in [6.07, 6.45) is 2.10. The number of hydrogen-bond donors (Lipinski definition) is 2. The monoisotopic (exact) mass is 376 g/mol. The molecule has 1 fully saturated rings. The number of benzene rings is 1. The van der Waals surface area contributed by atoms with Crippen LogP contribution in [0.3, 0.4) is 0 Å². The summed E-state index contributed by atoms with van der Waals surface area (Å²) in [6.45, 7) is 7.50. The summed E-state index contributed by atoms with van der Waals surface area (Å²) in [6, 6.07) is 16.3. The molecule has 6 nitrogen and oxygen atoms in total. The Bertz CT molecular complexity index is 829. The van der Waals surface area contributed by atoms with Gasteiger partial charge in [0.1, 0.15) is 5.82 Å². The number of aliphatic imine (C=N–C) groups is 1. The summed E-state index contributed by atoms with van der Waals surface area (Å²) in [4.78, 5) is 11.7. The SMILES string of the molecule is CCNC(=NCc1ccc(C#N)cc1)NC1CCN(c2cccc(C)n2)CC1. The lowest BCUT2D eigenvalue weighted by molar-refractivity contribution is 0.459. The van der Waals surface area contributed by atoms with Crippen LogP contribution in [0.4, 0.5) is 5.82 Å². The molecule has 6 heteroatoms. The largest absolute Gasteiger partial charge is 0.357 e. The molecule has 1 aromatic carbocycles. The van der Waals surface area contributed by atoms with Crippen LogP contribution in [0, 0.1) is 18.3 Å². The summed E-state index contributed by atoms with van der Waals surface area (Å²) in [7, 11) is 0. The number of nitriles is 1. The lowest BCUT2D eigenvalue weighted by atomic mass is 10.1. The molecular formula is C22H28N6. The zero-order valence-electron chi connectivity index (χ0n) is 16.7. The van der Waals surface area contributed by atoms with E-state index in [1.807, 2.05) is 37.3 Å². The first-order valence-corrected chi connectivity index (χ1v) is 9.90. The van der Waals surface area contributed by atoms with Crippen LogP contribution in [0.5, 0.6) is 0 Å². The van der Waals surface area contributed by atoms with Crippen molar-refractivity contribution in [2.45, 2.75) is 39.3 Å². The summed E-state index contributed by atoms with van der Waals surface area (Å²) >= 11 is 0. The predicted molar refractivity (Wildman–Crippen MR) is 113 cm³/mol. The maximum atomic E-state index is 8.90. The standard InChI is InChI=1S/C22H28N6/c1-3-24-22(25-16-19-9-7-18(15-23)8-10-19)27-20-11-13-28(14-12-20)21-6-4-5-17(2)26-21/h4-10,20H,3,11-14,16H2,1-2H3,(H2,24,25,27). The smallest absolute Gasteiger partial charge is 0.191 e. The third-order valence-electron chi connectivity index (χ3n) is 4.88. The van der Waals surface area contributed by atoms with E-state index in [1.165, 1.54) is 0 Å². The van der Waals surface area contributed by atoms with Crippen molar-refractivity contribution < 1.29 is 0 Å². The third kappa shape index (κ3) is 5.46. The summed E-state index contributed by atoms with van der Waals surface area (Å²) in [5, 5.41) is 15.8. The normalized spacial score (nSPS) is 15.2. The number of piperidine rings is 1. The molecule has 0 saturated carbocycles. The van der Waals surface area contributed by atoms with Gasteiger partial charge in [-0.25, -0.2) is 9.98 Å². The van der Waals surface area contributed by atoms with E-state index in [-0.39, 0.29) is 0 Å². The van der Waals surface area contributed by atoms with Gasteiger partial charge in [0, 0.05) is 31.4 Å². The number of aromatic nitrogens is 1. The second kappa shape index (κ2) is 9.75. The van der Waals surface area contributed by atoms with Crippen molar-refractivity contribution in [3.63, 3.8) is 0 Å². The molecule has 0 radical (unpaired) electrons. The van der Waals surface area contributed by atoms with E-state index in [4.69, 9.17) is 10.3 Å². The van der Waals surface area contributed by atoms with Crippen molar-refractivity contribution in [2.75, 3.05) is 24.5 Å². The Morgan fingerprint density at radius 3 is 2.61 bits per heavy atom. The van der Waals surface area contributed by atoms with Gasteiger partial charge >= 0.3 is 0 Å². The summed E-state index contributed by atoms with van der Waals surface area (Å²) in [5.74, 6) is 1.92. The Hall–Kier alpha value is -3.07. The van der Waals surface area contributed by atoms with Gasteiger partial charge in [0.2, 0.25) is 0 Å². The maximum Gasteiger partial charge on any atom is 0.191 e. The van der Waals surface area contributed by atoms with Crippen molar-refractivity contribution in [3.05, 3.63) is 59.3 Å². The molecule has 0 bridgehead atoms. The Morgan fingerprint density at radius 1 is 1.21 bits per heavy atom. The van der Waals surface area contributed by atoms with Crippen LogP contribution in [-0.2, 0) is 6.54 Å². The van der Waals surface area contributed by atoms with Crippen LogP contribution in [-0.4, -0.2) is 36.6 Å². The molecule has 0 unspecified atom stereocenters. The van der Waals surface area contributed by atoms with E-state index in [1.54, 1.807) is 0 Å². The van der Waals surface area contributed by atoms with Crippen LogP contribution in [0.1, 0.15) is 36.6 Å². The molecule has 1 aliphatic heterocycles. The highest BCUT2D eigenvalue weighted by atomic mass is 15.2. The lowest BCUT2D eigenvalue weighted by Gasteiger charge is -2.34. The minimum absolute atomic E-state index is 0.403. The van der Waals surface area contributed by atoms with Crippen molar-refractivity contribution in [3.8, 4) is 6.07 Å². The molecule has 0 atom stereocenters. The Balaban J connectivity index is 1.55. The molecule has 1 aliphatic rings. The molecule has 1 aromatic heterocycles. The van der Waals surface area contributed by atoms with E-state index >= 15 is 0 Å². The van der Waals surface area contributed by atoms with Crippen molar-refractivity contribution >= 4 is 11.8 Å². The highest BCUT2D eigenvalue weighted by Crippen LogP contribution is 2.18. The topological polar surface area (TPSA) is 76.3 Å². The number of aryl methyl sites for hydroxylation is 1. The molecule has 0 amide bonds. The predicted octanol–water partition coefficient (Wildman–Crippen LogP) is 2.99. The summed E-state index contributed by atoms with van der Waals surface area (Å²) in [5.41, 5.74) is 2.83. The fourth-order valence-corrected chi connectivity index (χ4v) is 3.33. The van der Waals surface area contributed by atoms with Gasteiger partial charge in [-0.2, -0.15) is 5.26 Å². The van der Waals surface area contributed by atoms with Gasteiger partial charge in [0.05, 0.1) is 18.2 Å². The van der Waals surface area contributed by atoms with Gasteiger partial charge in [-0.1, -0.05) is 18.2 Å². The number of nitrogens with one attached hydrogen (secondary N) is 2. The molecular weight excluding hydrogens is 348 g/mol. The van der Waals surface area contributed by atoms with Crippen LogP contribution in [0.2, 0.25) is 0 Å². The number of rotatable bonds is 5. The van der Waals surface area contributed by atoms with Crippen LogP contribution in [0.25, 0.3) is 0 Å². The second-order valence-electron chi connectivity index (χ2n) is 7.05. The molecule has 1 saturated heterocycles. The van der Waals surface area contributed by atoms with Crippen LogP contribution >= 0.6 is 0 Å². The molecule has 2 heterocycles. The maximum absolute atomic E-state index is 8.90. The van der Waals surface area contributed by atoms with Gasteiger partial charge in [-0.15, -0.1) is 0 Å². The molecule has 28 heavy (non-hydrogen) atoms. The quantitative estimate of drug-likeness (QED) is 0.620. The minimum atomic E-state index is 0.403. The average Bonchev–Trinajstić information content (AvgIpc) is 2.73. The molecule has 146 valence electrons. The van der Waals surface area contributed by atoms with Crippen LogP contribution in [0.15, 0.2) is 47.5 Å². The zero-order chi connectivity index (χ0) is 19.8. The molecule has 2 N–H and O–H groups in total. The van der Waals surface area contributed by atoms with Gasteiger partial charge in [-0.3, -0.25) is 0 Å². The summed E-state index contributed by atoms with van der Waals surface area (Å²) < 4.78 is 0. The number of pyridine rings is 1. The first-order chi connectivity index (χ1) is 13.7. The third-order valence-corrected chi connectivity index (χ3v) is 4.88. The molecule has 3 rings (SSSR count). The van der Waals surface area contributed by atoms with E-state index in [0.29, 0.717) is 18.2 Å². The first-order valence-electron chi connectivity index (χ1n) is 9.90. The molecule has 0 aliphatic carbocycles. The Morgan fingerprint density at radius 2 is 1.96 bits per heavy atom. The fourth-order valence-electron chi connectivity index (χ4n) is 3.33. The van der Waals surface area contributed by atoms with Crippen molar-refractivity contribution in [2.24, 2.45) is 4.99 Å². The van der Waals surface area contributed by atoms with E-state index in [2.05, 4.69) is 45.6 Å². The highest BCUT2D eigenvalue weighted by Gasteiger charge is 2.20. The highest BCUT2D eigenvalue weighted by molar-refractivity contribution is 5.80.